The van der Waals surface area contributed by atoms with E-state index >= 15 is 0 Å². The minimum atomic E-state index is -0.509. The highest BCUT2D eigenvalue weighted by Crippen LogP contribution is 2.21. The van der Waals surface area contributed by atoms with Crippen molar-refractivity contribution in [2.45, 2.75) is 6.92 Å². The Labute approximate surface area is 142 Å². The van der Waals surface area contributed by atoms with Crippen LogP contribution in [0.25, 0.3) is 0 Å². The summed E-state index contributed by atoms with van der Waals surface area (Å²) in [6.07, 6.45) is 0. The van der Waals surface area contributed by atoms with Gasteiger partial charge in [-0.3, -0.25) is 4.79 Å². The standard InChI is InChI=1S/C17H16BrNO4/c1-11-9-12(18)7-8-14(11)19-16(20)10-23-15-6-4-3-5-13(15)17(21)22-2/h3-9H,10H2,1-2H3,(H,19,20). The first-order valence-electron chi connectivity index (χ1n) is 6.87. The number of nitrogens with one attached hydrogen (secondary N) is 1. The fraction of sp³-hybridized carbons (Fsp3) is 0.176. The van der Waals surface area contributed by atoms with Crippen LogP contribution in [0, 0.1) is 6.92 Å². The Morgan fingerprint density at radius 2 is 1.91 bits per heavy atom. The minimum absolute atomic E-state index is 0.205. The van der Waals surface area contributed by atoms with Gasteiger partial charge < -0.3 is 14.8 Å². The van der Waals surface area contributed by atoms with Gasteiger partial charge >= 0.3 is 5.97 Å². The van der Waals surface area contributed by atoms with E-state index in [1.807, 2.05) is 19.1 Å². The Morgan fingerprint density at radius 1 is 1.17 bits per heavy atom. The van der Waals surface area contributed by atoms with E-state index in [0.29, 0.717) is 11.4 Å². The van der Waals surface area contributed by atoms with E-state index in [9.17, 15) is 9.59 Å². The molecule has 1 amide bonds. The van der Waals surface area contributed by atoms with Crippen LogP contribution in [0.5, 0.6) is 5.75 Å². The topological polar surface area (TPSA) is 64.6 Å². The van der Waals surface area contributed by atoms with E-state index in [0.717, 1.165) is 10.0 Å². The lowest BCUT2D eigenvalue weighted by Crippen LogP contribution is -2.21. The second-order valence-corrected chi connectivity index (χ2v) is 5.70. The van der Waals surface area contributed by atoms with Crippen molar-refractivity contribution in [1.82, 2.24) is 0 Å². The molecular weight excluding hydrogens is 362 g/mol. The molecule has 0 aliphatic heterocycles. The van der Waals surface area contributed by atoms with Crippen molar-refractivity contribution in [1.29, 1.82) is 0 Å². The summed E-state index contributed by atoms with van der Waals surface area (Å²) in [6, 6.07) is 12.2. The molecule has 2 aromatic carbocycles. The number of methoxy groups -OCH3 is 1. The van der Waals surface area contributed by atoms with E-state index in [2.05, 4.69) is 26.0 Å². The minimum Gasteiger partial charge on any atom is -0.483 e. The summed E-state index contributed by atoms with van der Waals surface area (Å²) in [4.78, 5) is 23.6. The number of para-hydroxylation sites is 1. The van der Waals surface area contributed by atoms with Gasteiger partial charge in [0.15, 0.2) is 6.61 Å². The predicted octanol–water partition coefficient (Wildman–Crippen LogP) is 3.56. The number of rotatable bonds is 5. The molecule has 2 rings (SSSR count). The quantitative estimate of drug-likeness (QED) is 0.809. The summed E-state index contributed by atoms with van der Waals surface area (Å²) in [5, 5.41) is 2.77. The maximum absolute atomic E-state index is 12.0. The van der Waals surface area contributed by atoms with Crippen molar-refractivity contribution in [2.24, 2.45) is 0 Å². The predicted molar refractivity (Wildman–Crippen MR) is 90.8 cm³/mol. The molecule has 0 saturated carbocycles. The third-order valence-corrected chi connectivity index (χ3v) is 3.61. The fourth-order valence-corrected chi connectivity index (χ4v) is 2.44. The molecule has 0 unspecified atom stereocenters. The molecule has 120 valence electrons. The summed E-state index contributed by atoms with van der Waals surface area (Å²) in [7, 11) is 1.29. The second kappa shape index (κ2) is 7.78. The molecule has 2 aromatic rings. The Kier molecular flexibility index (Phi) is 5.76. The average molecular weight is 378 g/mol. The monoisotopic (exact) mass is 377 g/mol. The molecule has 0 saturated heterocycles. The molecule has 0 aliphatic rings. The highest BCUT2D eigenvalue weighted by molar-refractivity contribution is 9.10. The van der Waals surface area contributed by atoms with Gasteiger partial charge in [0.2, 0.25) is 0 Å². The van der Waals surface area contributed by atoms with Gasteiger partial charge in [0.1, 0.15) is 11.3 Å². The van der Waals surface area contributed by atoms with Crippen LogP contribution in [0.15, 0.2) is 46.9 Å². The van der Waals surface area contributed by atoms with Gasteiger partial charge in [0.25, 0.3) is 5.91 Å². The highest BCUT2D eigenvalue weighted by atomic mass is 79.9. The van der Waals surface area contributed by atoms with E-state index in [-0.39, 0.29) is 18.1 Å². The number of aryl methyl sites for hydroxylation is 1. The molecule has 6 heteroatoms. The third-order valence-electron chi connectivity index (χ3n) is 3.11. The van der Waals surface area contributed by atoms with Gasteiger partial charge in [-0.25, -0.2) is 4.79 Å². The zero-order valence-corrected chi connectivity index (χ0v) is 14.3. The molecule has 0 fully saturated rings. The number of carbonyl (C=O) groups is 2. The summed E-state index contributed by atoms with van der Waals surface area (Å²) in [5.74, 6) is -0.512. The van der Waals surface area contributed by atoms with E-state index < -0.39 is 5.97 Å². The van der Waals surface area contributed by atoms with Crippen LogP contribution in [0.1, 0.15) is 15.9 Å². The smallest absolute Gasteiger partial charge is 0.341 e. The normalized spacial score (nSPS) is 10.0. The van der Waals surface area contributed by atoms with Gasteiger partial charge in [-0.2, -0.15) is 0 Å². The maximum atomic E-state index is 12.0. The van der Waals surface area contributed by atoms with E-state index in [1.165, 1.54) is 7.11 Å². The molecule has 1 N–H and O–H groups in total. The molecule has 0 bridgehead atoms. The lowest BCUT2D eigenvalue weighted by molar-refractivity contribution is -0.118. The molecule has 0 aliphatic carbocycles. The molecule has 0 heterocycles. The lowest BCUT2D eigenvalue weighted by atomic mass is 10.2. The Morgan fingerprint density at radius 3 is 2.61 bits per heavy atom. The van der Waals surface area contributed by atoms with Gasteiger partial charge in [-0.1, -0.05) is 28.1 Å². The van der Waals surface area contributed by atoms with Crippen molar-refractivity contribution >= 4 is 33.5 Å². The zero-order valence-electron chi connectivity index (χ0n) is 12.8. The summed E-state index contributed by atoms with van der Waals surface area (Å²) in [5.41, 5.74) is 1.92. The van der Waals surface area contributed by atoms with Crippen molar-refractivity contribution in [3.8, 4) is 5.75 Å². The van der Waals surface area contributed by atoms with Gasteiger partial charge in [0, 0.05) is 10.2 Å². The number of benzene rings is 2. The van der Waals surface area contributed by atoms with Crippen LogP contribution in [0.4, 0.5) is 5.69 Å². The molecule has 0 spiro atoms. The number of amides is 1. The first kappa shape index (κ1) is 17.0. The van der Waals surface area contributed by atoms with E-state index in [1.54, 1.807) is 30.3 Å². The Balaban J connectivity index is 2.01. The van der Waals surface area contributed by atoms with Crippen LogP contribution in [-0.4, -0.2) is 25.6 Å². The van der Waals surface area contributed by atoms with Crippen molar-refractivity contribution in [3.05, 3.63) is 58.1 Å². The summed E-state index contributed by atoms with van der Waals surface area (Å²) < 4.78 is 11.1. The SMILES string of the molecule is COC(=O)c1ccccc1OCC(=O)Nc1ccc(Br)cc1C. The number of halogens is 1. The largest absolute Gasteiger partial charge is 0.483 e. The first-order valence-corrected chi connectivity index (χ1v) is 7.66. The number of carbonyl (C=O) groups excluding carboxylic acids is 2. The lowest BCUT2D eigenvalue weighted by Gasteiger charge is -2.11. The number of esters is 1. The van der Waals surface area contributed by atoms with Gasteiger partial charge in [-0.15, -0.1) is 0 Å². The van der Waals surface area contributed by atoms with Crippen LogP contribution in [0.2, 0.25) is 0 Å². The molecule has 5 nitrogen and oxygen atoms in total. The number of ether oxygens (including phenoxy) is 2. The molecule has 0 radical (unpaired) electrons. The second-order valence-electron chi connectivity index (χ2n) is 4.78. The van der Waals surface area contributed by atoms with Gasteiger partial charge in [0.05, 0.1) is 7.11 Å². The molecule has 0 aromatic heterocycles. The summed E-state index contributed by atoms with van der Waals surface area (Å²) in [6.45, 7) is 1.69. The van der Waals surface area contributed by atoms with Crippen molar-refractivity contribution < 1.29 is 19.1 Å². The zero-order chi connectivity index (χ0) is 16.8. The third kappa shape index (κ3) is 4.56. The highest BCUT2D eigenvalue weighted by Gasteiger charge is 2.13. The maximum Gasteiger partial charge on any atom is 0.341 e. The molecular formula is C17H16BrNO4. The number of anilines is 1. The van der Waals surface area contributed by atoms with Crippen molar-refractivity contribution in [2.75, 3.05) is 19.0 Å². The van der Waals surface area contributed by atoms with Crippen molar-refractivity contribution in [3.63, 3.8) is 0 Å². The number of hydrogen-bond donors (Lipinski definition) is 1. The van der Waals surface area contributed by atoms with Crippen LogP contribution < -0.4 is 10.1 Å². The van der Waals surface area contributed by atoms with Gasteiger partial charge in [-0.05, 0) is 42.8 Å². The fourth-order valence-electron chi connectivity index (χ4n) is 1.97. The Hall–Kier alpha value is -2.34. The first-order chi connectivity index (χ1) is 11.0. The molecule has 0 atom stereocenters. The molecule has 23 heavy (non-hydrogen) atoms. The van der Waals surface area contributed by atoms with E-state index in [4.69, 9.17) is 4.74 Å². The average Bonchev–Trinajstić information content (AvgIpc) is 2.55. The van der Waals surface area contributed by atoms with Crippen LogP contribution in [0.3, 0.4) is 0 Å². The Bertz CT molecular complexity index is 730. The summed E-state index contributed by atoms with van der Waals surface area (Å²) >= 11 is 3.37. The number of hydrogen-bond acceptors (Lipinski definition) is 4. The van der Waals surface area contributed by atoms with Crippen LogP contribution >= 0.6 is 15.9 Å². The van der Waals surface area contributed by atoms with Crippen LogP contribution in [-0.2, 0) is 9.53 Å².